The summed E-state index contributed by atoms with van der Waals surface area (Å²) in [6.45, 7) is 1.76. The maximum absolute atomic E-state index is 11.2. The summed E-state index contributed by atoms with van der Waals surface area (Å²) < 4.78 is 0. The summed E-state index contributed by atoms with van der Waals surface area (Å²) in [7, 11) is 4.13. The largest absolute Gasteiger partial charge is 0.478 e. The Morgan fingerprint density at radius 2 is 2.33 bits per heavy atom. The molecule has 0 saturated carbocycles. The molecule has 5 nitrogen and oxygen atoms in total. The van der Waals surface area contributed by atoms with E-state index in [0.717, 1.165) is 31.6 Å². The van der Waals surface area contributed by atoms with Gasteiger partial charge in [0.1, 0.15) is 0 Å². The van der Waals surface area contributed by atoms with Crippen LogP contribution >= 0.6 is 0 Å². The number of anilines is 1. The van der Waals surface area contributed by atoms with Crippen LogP contribution < -0.4 is 4.90 Å². The lowest BCUT2D eigenvalue weighted by molar-refractivity contribution is 0.0697. The number of carboxylic acids is 1. The van der Waals surface area contributed by atoms with Crippen molar-refractivity contribution in [2.75, 3.05) is 32.1 Å². The Balaban J connectivity index is 2.23. The summed E-state index contributed by atoms with van der Waals surface area (Å²) in [4.78, 5) is 19.6. The average molecular weight is 249 g/mol. The highest BCUT2D eigenvalue weighted by Gasteiger charge is 2.24. The van der Waals surface area contributed by atoms with Crippen molar-refractivity contribution in [3.63, 3.8) is 0 Å². The molecule has 18 heavy (non-hydrogen) atoms. The number of pyridine rings is 1. The van der Waals surface area contributed by atoms with E-state index in [2.05, 4.69) is 28.9 Å². The first kappa shape index (κ1) is 12.8. The van der Waals surface area contributed by atoms with Crippen molar-refractivity contribution in [1.82, 2.24) is 9.88 Å². The van der Waals surface area contributed by atoms with Gasteiger partial charge >= 0.3 is 5.97 Å². The van der Waals surface area contributed by atoms with Gasteiger partial charge in [-0.3, -0.25) is 4.98 Å². The van der Waals surface area contributed by atoms with Crippen LogP contribution in [0.5, 0.6) is 0 Å². The topological polar surface area (TPSA) is 56.7 Å². The van der Waals surface area contributed by atoms with Crippen molar-refractivity contribution in [1.29, 1.82) is 0 Å². The predicted molar refractivity (Wildman–Crippen MR) is 70.1 cm³/mol. The van der Waals surface area contributed by atoms with E-state index in [1.54, 1.807) is 12.3 Å². The molecule has 0 aliphatic carbocycles. The minimum atomic E-state index is -0.889. The van der Waals surface area contributed by atoms with Gasteiger partial charge in [-0.05, 0) is 33.0 Å². The zero-order valence-electron chi connectivity index (χ0n) is 10.8. The smallest absolute Gasteiger partial charge is 0.337 e. The van der Waals surface area contributed by atoms with Gasteiger partial charge in [0.15, 0.2) is 0 Å². The summed E-state index contributed by atoms with van der Waals surface area (Å²) in [5.74, 6) is -0.889. The Kier molecular flexibility index (Phi) is 3.81. The number of nitrogens with zero attached hydrogens (tertiary/aromatic N) is 3. The molecule has 5 heteroatoms. The standard InChI is InChI=1S/C13H19N3O2/c1-15(2)10-4-3-7-16(9-10)12-8-14-6-5-11(12)13(17)18/h5-6,8,10H,3-4,7,9H2,1-2H3,(H,17,18). The second-order valence-corrected chi connectivity index (χ2v) is 4.90. The molecule has 1 unspecified atom stereocenters. The lowest BCUT2D eigenvalue weighted by Crippen LogP contribution is -2.45. The van der Waals surface area contributed by atoms with Gasteiger partial charge in [-0.2, -0.15) is 0 Å². The molecule has 0 spiro atoms. The lowest BCUT2D eigenvalue weighted by atomic mass is 10.0. The van der Waals surface area contributed by atoms with Crippen LogP contribution in [0.4, 0.5) is 5.69 Å². The van der Waals surface area contributed by atoms with Gasteiger partial charge in [-0.1, -0.05) is 0 Å². The summed E-state index contributed by atoms with van der Waals surface area (Å²) in [5.41, 5.74) is 1.07. The second-order valence-electron chi connectivity index (χ2n) is 4.90. The number of aromatic carboxylic acids is 1. The van der Waals surface area contributed by atoms with E-state index in [1.807, 2.05) is 0 Å². The van der Waals surface area contributed by atoms with E-state index in [-0.39, 0.29) is 0 Å². The van der Waals surface area contributed by atoms with Crippen molar-refractivity contribution < 1.29 is 9.90 Å². The fourth-order valence-corrected chi connectivity index (χ4v) is 2.41. The molecular weight excluding hydrogens is 230 g/mol. The van der Waals surface area contributed by atoms with Crippen LogP contribution in [0.25, 0.3) is 0 Å². The Bertz CT molecular complexity index is 434. The number of piperidine rings is 1. The lowest BCUT2D eigenvalue weighted by Gasteiger charge is -2.37. The Morgan fingerprint density at radius 3 is 3.00 bits per heavy atom. The van der Waals surface area contributed by atoms with Crippen LogP contribution in [0.1, 0.15) is 23.2 Å². The van der Waals surface area contributed by atoms with Crippen molar-refractivity contribution in [3.8, 4) is 0 Å². The molecule has 1 aromatic heterocycles. The number of carboxylic acid groups (broad SMARTS) is 1. The highest BCUT2D eigenvalue weighted by atomic mass is 16.4. The summed E-state index contributed by atoms with van der Waals surface area (Å²) >= 11 is 0. The van der Waals surface area contributed by atoms with Gasteiger partial charge in [0, 0.05) is 25.3 Å². The van der Waals surface area contributed by atoms with Gasteiger partial charge < -0.3 is 14.9 Å². The van der Waals surface area contributed by atoms with E-state index in [9.17, 15) is 9.90 Å². The maximum atomic E-state index is 11.2. The van der Waals surface area contributed by atoms with Crippen molar-refractivity contribution in [2.45, 2.75) is 18.9 Å². The Morgan fingerprint density at radius 1 is 1.56 bits per heavy atom. The molecule has 0 aromatic carbocycles. The van der Waals surface area contributed by atoms with Crippen LogP contribution in [-0.4, -0.2) is 54.2 Å². The number of hydrogen-bond acceptors (Lipinski definition) is 4. The molecule has 1 aliphatic heterocycles. The Labute approximate surface area is 107 Å². The minimum absolute atomic E-state index is 0.337. The number of hydrogen-bond donors (Lipinski definition) is 1. The molecule has 1 atom stereocenters. The van der Waals surface area contributed by atoms with Crippen molar-refractivity contribution in [2.24, 2.45) is 0 Å². The fraction of sp³-hybridized carbons (Fsp3) is 0.538. The van der Waals surface area contributed by atoms with Gasteiger partial charge in [0.05, 0.1) is 17.4 Å². The highest BCUT2D eigenvalue weighted by Crippen LogP contribution is 2.24. The zero-order chi connectivity index (χ0) is 13.1. The van der Waals surface area contributed by atoms with E-state index in [0.29, 0.717) is 11.6 Å². The van der Waals surface area contributed by atoms with Crippen LogP contribution in [0.15, 0.2) is 18.5 Å². The van der Waals surface area contributed by atoms with E-state index >= 15 is 0 Å². The zero-order valence-corrected chi connectivity index (χ0v) is 10.8. The summed E-state index contributed by atoms with van der Waals surface area (Å²) in [5, 5.41) is 9.21. The number of carbonyl (C=O) groups is 1. The minimum Gasteiger partial charge on any atom is -0.478 e. The molecule has 0 amide bonds. The highest BCUT2D eigenvalue weighted by molar-refractivity contribution is 5.94. The first-order valence-corrected chi connectivity index (χ1v) is 6.18. The van der Waals surface area contributed by atoms with E-state index in [4.69, 9.17) is 0 Å². The predicted octanol–water partition coefficient (Wildman–Crippen LogP) is 1.31. The monoisotopic (exact) mass is 249 g/mol. The fourth-order valence-electron chi connectivity index (χ4n) is 2.41. The molecule has 1 saturated heterocycles. The number of aromatic nitrogens is 1. The number of rotatable bonds is 3. The molecule has 0 bridgehead atoms. The third kappa shape index (κ3) is 2.61. The van der Waals surface area contributed by atoms with Crippen molar-refractivity contribution >= 4 is 11.7 Å². The molecule has 1 aromatic rings. The molecule has 1 fully saturated rings. The first-order chi connectivity index (χ1) is 8.59. The van der Waals surface area contributed by atoms with Gasteiger partial charge in [-0.15, -0.1) is 0 Å². The van der Waals surface area contributed by atoms with Crippen LogP contribution in [0.2, 0.25) is 0 Å². The second kappa shape index (κ2) is 5.35. The number of likely N-dealkylation sites (N-methyl/N-ethyl adjacent to an activating group) is 1. The maximum Gasteiger partial charge on any atom is 0.337 e. The molecule has 2 rings (SSSR count). The molecule has 1 aliphatic rings. The van der Waals surface area contributed by atoms with Gasteiger partial charge in [0.2, 0.25) is 0 Å². The van der Waals surface area contributed by atoms with Gasteiger partial charge in [0.25, 0.3) is 0 Å². The molecule has 2 heterocycles. The first-order valence-electron chi connectivity index (χ1n) is 6.18. The SMILES string of the molecule is CN(C)C1CCCN(c2cnccc2C(=O)O)C1. The third-order valence-electron chi connectivity index (χ3n) is 3.50. The third-order valence-corrected chi connectivity index (χ3v) is 3.50. The normalized spacial score (nSPS) is 20.2. The van der Waals surface area contributed by atoms with Crippen LogP contribution in [-0.2, 0) is 0 Å². The van der Waals surface area contributed by atoms with Crippen LogP contribution in [0.3, 0.4) is 0 Å². The van der Waals surface area contributed by atoms with E-state index < -0.39 is 5.97 Å². The molecular formula is C13H19N3O2. The summed E-state index contributed by atoms with van der Waals surface area (Å²) in [6.07, 6.45) is 5.42. The summed E-state index contributed by atoms with van der Waals surface area (Å²) in [6, 6.07) is 2.04. The average Bonchev–Trinajstić information content (AvgIpc) is 2.39. The molecule has 98 valence electrons. The quantitative estimate of drug-likeness (QED) is 0.875. The molecule has 0 radical (unpaired) electrons. The van der Waals surface area contributed by atoms with Crippen molar-refractivity contribution in [3.05, 3.63) is 24.0 Å². The van der Waals surface area contributed by atoms with Gasteiger partial charge in [-0.25, -0.2) is 4.79 Å². The molecule has 1 N–H and O–H groups in total. The van der Waals surface area contributed by atoms with E-state index in [1.165, 1.54) is 6.20 Å². The Hall–Kier alpha value is -1.62. The van der Waals surface area contributed by atoms with Crippen LogP contribution in [0, 0.1) is 0 Å².